The molecule has 0 atom stereocenters. The lowest BCUT2D eigenvalue weighted by Gasteiger charge is -2.10. The van der Waals surface area contributed by atoms with Crippen molar-refractivity contribution in [2.24, 2.45) is 0 Å². The number of carbonyl (C=O) groups excluding carboxylic acids is 1. The third-order valence-electron chi connectivity index (χ3n) is 1.38. The van der Waals surface area contributed by atoms with Crippen molar-refractivity contribution in [3.63, 3.8) is 0 Å². The van der Waals surface area contributed by atoms with E-state index in [4.69, 9.17) is 0 Å². The molecule has 0 spiro atoms. The van der Waals surface area contributed by atoms with Crippen LogP contribution in [0.2, 0.25) is 0 Å². The van der Waals surface area contributed by atoms with Gasteiger partial charge in [0.1, 0.15) is 5.78 Å². The van der Waals surface area contributed by atoms with Gasteiger partial charge in [-0.3, -0.25) is 9.69 Å². The predicted molar refractivity (Wildman–Crippen MR) is 38.5 cm³/mol. The van der Waals surface area contributed by atoms with E-state index < -0.39 is 0 Å². The van der Waals surface area contributed by atoms with Crippen LogP contribution in [0.1, 0.15) is 20.3 Å². The molecule has 2 heteroatoms. The number of hydrogen-bond donors (Lipinski definition) is 0. The van der Waals surface area contributed by atoms with Gasteiger partial charge in [0.2, 0.25) is 0 Å². The van der Waals surface area contributed by atoms with Gasteiger partial charge in [-0.25, -0.2) is 0 Å². The first-order valence-electron chi connectivity index (χ1n) is 3.41. The number of carbonyl (C=O) groups is 1. The lowest BCUT2D eigenvalue weighted by atomic mass is 10.3. The summed E-state index contributed by atoms with van der Waals surface area (Å²) in [5, 5.41) is 0. The summed E-state index contributed by atoms with van der Waals surface area (Å²) in [4.78, 5) is 12.7. The Labute approximate surface area is 56.9 Å². The highest BCUT2D eigenvalue weighted by Crippen LogP contribution is 1.85. The van der Waals surface area contributed by atoms with Crippen molar-refractivity contribution in [1.82, 2.24) is 4.90 Å². The van der Waals surface area contributed by atoms with Gasteiger partial charge in [0.15, 0.2) is 0 Å². The minimum absolute atomic E-state index is 0.319. The third kappa shape index (κ3) is 4.15. The van der Waals surface area contributed by atoms with Crippen molar-refractivity contribution in [3.8, 4) is 0 Å². The highest BCUT2D eigenvalue weighted by Gasteiger charge is 1.99. The van der Waals surface area contributed by atoms with Crippen molar-refractivity contribution in [3.05, 3.63) is 0 Å². The molecule has 0 radical (unpaired) electrons. The molecule has 9 heavy (non-hydrogen) atoms. The number of Topliss-reactive ketones (excluding diaryl/α,β-unsaturated/α-hetero) is 1. The lowest BCUT2D eigenvalue weighted by molar-refractivity contribution is -0.119. The highest BCUT2D eigenvalue weighted by molar-refractivity contribution is 5.79. The van der Waals surface area contributed by atoms with E-state index in [1.165, 1.54) is 0 Å². The Hall–Kier alpha value is -0.370. The molecular weight excluding hydrogens is 114 g/mol. The second-order valence-corrected chi connectivity index (χ2v) is 2.22. The highest BCUT2D eigenvalue weighted by atomic mass is 16.1. The maximum Gasteiger partial charge on any atom is 0.146 e. The van der Waals surface area contributed by atoms with Gasteiger partial charge in [0.05, 0.1) is 6.54 Å². The molecule has 0 aromatic heterocycles. The van der Waals surface area contributed by atoms with E-state index in [0.29, 0.717) is 18.7 Å². The Morgan fingerprint density at radius 2 is 2.00 bits per heavy atom. The summed E-state index contributed by atoms with van der Waals surface area (Å²) in [6.07, 6.45) is 0.657. The zero-order valence-corrected chi connectivity index (χ0v) is 6.48. The van der Waals surface area contributed by atoms with Crippen molar-refractivity contribution in [2.45, 2.75) is 20.3 Å². The maximum atomic E-state index is 10.7. The molecule has 54 valence electrons. The zero-order valence-electron chi connectivity index (χ0n) is 6.48. The third-order valence-corrected chi connectivity index (χ3v) is 1.38. The summed E-state index contributed by atoms with van der Waals surface area (Å²) < 4.78 is 0. The van der Waals surface area contributed by atoms with Crippen molar-refractivity contribution >= 4 is 5.78 Å². The summed E-state index contributed by atoms with van der Waals surface area (Å²) in [6, 6.07) is 0. The standard InChI is InChI=1S/C7H15NO/c1-4-7(9)6-8(3)5-2/h4-6H2,1-3H3. The average Bonchev–Trinajstić information content (AvgIpc) is 1.87. The maximum absolute atomic E-state index is 10.7. The number of ketones is 1. The van der Waals surface area contributed by atoms with E-state index in [-0.39, 0.29) is 0 Å². The van der Waals surface area contributed by atoms with Crippen LogP contribution in [0, 0.1) is 0 Å². The van der Waals surface area contributed by atoms with E-state index in [1.54, 1.807) is 0 Å². The summed E-state index contributed by atoms with van der Waals surface area (Å²) in [6.45, 7) is 5.49. The number of hydrogen-bond acceptors (Lipinski definition) is 2. The van der Waals surface area contributed by atoms with E-state index >= 15 is 0 Å². The molecule has 0 heterocycles. The fourth-order valence-corrected chi connectivity index (χ4v) is 0.525. The Morgan fingerprint density at radius 1 is 1.44 bits per heavy atom. The number of rotatable bonds is 4. The molecule has 2 nitrogen and oxygen atoms in total. The Kier molecular flexibility index (Phi) is 4.32. The van der Waals surface area contributed by atoms with E-state index in [9.17, 15) is 4.79 Å². The van der Waals surface area contributed by atoms with Crippen LogP contribution >= 0.6 is 0 Å². The molecule has 0 aliphatic rings. The summed E-state index contributed by atoms with van der Waals surface area (Å²) in [7, 11) is 1.95. The molecular formula is C7H15NO. The normalized spacial score (nSPS) is 10.2. The van der Waals surface area contributed by atoms with Gasteiger partial charge in [-0.05, 0) is 13.6 Å². The summed E-state index contributed by atoms with van der Waals surface area (Å²) >= 11 is 0. The first-order chi connectivity index (χ1) is 4.20. The minimum Gasteiger partial charge on any atom is -0.299 e. The van der Waals surface area contributed by atoms with Crippen molar-refractivity contribution in [2.75, 3.05) is 20.1 Å². The van der Waals surface area contributed by atoms with Crippen LogP contribution in [0.15, 0.2) is 0 Å². The fourth-order valence-electron chi connectivity index (χ4n) is 0.525. The first-order valence-corrected chi connectivity index (χ1v) is 3.41. The van der Waals surface area contributed by atoms with Gasteiger partial charge >= 0.3 is 0 Å². The van der Waals surface area contributed by atoms with E-state index in [2.05, 4.69) is 0 Å². The minimum atomic E-state index is 0.319. The second-order valence-electron chi connectivity index (χ2n) is 2.22. The first kappa shape index (κ1) is 8.63. The average molecular weight is 129 g/mol. The van der Waals surface area contributed by atoms with Crippen LogP contribution in [0.25, 0.3) is 0 Å². The molecule has 0 aromatic carbocycles. The Morgan fingerprint density at radius 3 is 2.33 bits per heavy atom. The molecule has 0 fully saturated rings. The Balaban J connectivity index is 3.34. The summed E-state index contributed by atoms with van der Waals surface area (Å²) in [5.41, 5.74) is 0. The van der Waals surface area contributed by atoms with Crippen LogP contribution in [-0.2, 0) is 4.79 Å². The topological polar surface area (TPSA) is 20.3 Å². The molecule has 0 aliphatic carbocycles. The smallest absolute Gasteiger partial charge is 0.146 e. The van der Waals surface area contributed by atoms with Gasteiger partial charge in [-0.2, -0.15) is 0 Å². The lowest BCUT2D eigenvalue weighted by Crippen LogP contribution is -2.24. The molecule has 0 amide bonds. The van der Waals surface area contributed by atoms with Crippen LogP contribution < -0.4 is 0 Å². The van der Waals surface area contributed by atoms with Crippen LogP contribution in [0.4, 0.5) is 0 Å². The molecule has 0 aliphatic heterocycles. The number of nitrogens with zero attached hydrogens (tertiary/aromatic N) is 1. The number of likely N-dealkylation sites (N-methyl/N-ethyl adjacent to an activating group) is 1. The fraction of sp³-hybridized carbons (Fsp3) is 0.857. The largest absolute Gasteiger partial charge is 0.299 e. The molecule has 0 bridgehead atoms. The van der Waals surface area contributed by atoms with E-state index in [1.807, 2.05) is 25.8 Å². The van der Waals surface area contributed by atoms with Gasteiger partial charge in [-0.15, -0.1) is 0 Å². The molecule has 0 saturated heterocycles. The van der Waals surface area contributed by atoms with Crippen molar-refractivity contribution in [1.29, 1.82) is 0 Å². The molecule has 0 unspecified atom stereocenters. The van der Waals surface area contributed by atoms with Crippen molar-refractivity contribution < 1.29 is 4.79 Å². The van der Waals surface area contributed by atoms with Crippen LogP contribution in [-0.4, -0.2) is 30.8 Å². The molecule has 0 N–H and O–H groups in total. The van der Waals surface area contributed by atoms with Gasteiger partial charge < -0.3 is 0 Å². The van der Waals surface area contributed by atoms with Crippen LogP contribution in [0.5, 0.6) is 0 Å². The second kappa shape index (κ2) is 4.50. The monoisotopic (exact) mass is 129 g/mol. The van der Waals surface area contributed by atoms with Crippen LogP contribution in [0.3, 0.4) is 0 Å². The predicted octanol–water partition coefficient (Wildman–Crippen LogP) is 0.917. The summed E-state index contributed by atoms with van der Waals surface area (Å²) in [5.74, 6) is 0.319. The van der Waals surface area contributed by atoms with Gasteiger partial charge in [0, 0.05) is 6.42 Å². The molecule has 0 saturated carbocycles. The van der Waals surface area contributed by atoms with Gasteiger partial charge in [-0.1, -0.05) is 13.8 Å². The molecule has 0 aromatic rings. The van der Waals surface area contributed by atoms with E-state index in [0.717, 1.165) is 6.54 Å². The van der Waals surface area contributed by atoms with Gasteiger partial charge in [0.25, 0.3) is 0 Å². The zero-order chi connectivity index (χ0) is 7.28. The SMILES string of the molecule is CCC(=O)CN(C)CC. The quantitative estimate of drug-likeness (QED) is 0.562. The molecule has 0 rings (SSSR count). The Bertz CT molecular complexity index is 90.9.